The fraction of sp³-hybridized carbons (Fsp3) is 0.500. The number of piperidine rings is 1. The highest BCUT2D eigenvalue weighted by Gasteiger charge is 2.26. The van der Waals surface area contributed by atoms with Crippen LogP contribution in [0, 0.1) is 5.41 Å². The molecule has 66 valence electrons. The van der Waals surface area contributed by atoms with Gasteiger partial charge in [-0.05, 0) is 6.92 Å². The molecule has 1 amide bonds. The molecule has 0 aliphatic carbocycles. The molecule has 12 heavy (non-hydrogen) atoms. The zero-order chi connectivity index (χ0) is 9.30. The first-order valence-corrected chi connectivity index (χ1v) is 3.77. The van der Waals surface area contributed by atoms with Crippen LogP contribution in [0.3, 0.4) is 0 Å². The number of aliphatic hydroxyl groups excluding tert-OH is 1. The number of nitrogens with zero attached hydrogens (tertiary/aromatic N) is 1. The van der Waals surface area contributed by atoms with Gasteiger partial charge in [0.15, 0.2) is 0 Å². The van der Waals surface area contributed by atoms with Crippen molar-refractivity contribution < 1.29 is 9.90 Å². The lowest BCUT2D eigenvalue weighted by Gasteiger charge is -2.25. The third kappa shape index (κ3) is 1.32. The fourth-order valence-corrected chi connectivity index (χ4v) is 1.20. The molecule has 0 bridgehead atoms. The summed E-state index contributed by atoms with van der Waals surface area (Å²) in [5.74, 6) is -0.317. The Morgan fingerprint density at radius 3 is 2.67 bits per heavy atom. The Kier molecular flexibility index (Phi) is 2.17. The maximum absolute atomic E-state index is 11.3. The normalized spacial score (nSPS) is 23.0. The van der Waals surface area contributed by atoms with Gasteiger partial charge in [0.25, 0.3) is 5.91 Å². The highest BCUT2D eigenvalue weighted by Crippen LogP contribution is 2.14. The van der Waals surface area contributed by atoms with Gasteiger partial charge in [0.05, 0.1) is 5.57 Å². The van der Waals surface area contributed by atoms with E-state index in [-0.39, 0.29) is 23.0 Å². The number of nitrogens with one attached hydrogen (secondary N) is 1. The largest absolute Gasteiger partial charge is 0.512 e. The van der Waals surface area contributed by atoms with E-state index in [9.17, 15) is 4.79 Å². The molecule has 4 nitrogen and oxygen atoms in total. The second-order valence-corrected chi connectivity index (χ2v) is 2.92. The number of hydrogen-bond acceptors (Lipinski definition) is 3. The molecule has 0 spiro atoms. The minimum atomic E-state index is -0.258. The van der Waals surface area contributed by atoms with Crippen molar-refractivity contribution in [2.75, 3.05) is 13.6 Å². The number of carbonyl (C=O) groups excluding carboxylic acids is 1. The standard InChI is InChI=1S/C8H12N2O2/c1-5(11)7-6(9)3-4-10(2)8(7)12/h9,11H,3-4H2,1-2H3. The Balaban J connectivity index is 3.03. The number of amides is 1. The van der Waals surface area contributed by atoms with Gasteiger partial charge in [-0.2, -0.15) is 0 Å². The van der Waals surface area contributed by atoms with Crippen LogP contribution in [0.25, 0.3) is 0 Å². The lowest BCUT2D eigenvalue weighted by molar-refractivity contribution is -0.125. The van der Waals surface area contributed by atoms with Crippen LogP contribution in [0.1, 0.15) is 13.3 Å². The third-order valence-corrected chi connectivity index (χ3v) is 1.92. The molecule has 2 N–H and O–H groups in total. The van der Waals surface area contributed by atoms with E-state index in [0.717, 1.165) is 0 Å². The van der Waals surface area contributed by atoms with Crippen LogP contribution >= 0.6 is 0 Å². The van der Waals surface area contributed by atoms with Gasteiger partial charge < -0.3 is 15.4 Å². The average Bonchev–Trinajstić information content (AvgIpc) is 1.97. The Morgan fingerprint density at radius 1 is 1.67 bits per heavy atom. The van der Waals surface area contributed by atoms with E-state index in [2.05, 4.69) is 0 Å². The van der Waals surface area contributed by atoms with Crippen molar-refractivity contribution in [1.29, 1.82) is 5.41 Å². The van der Waals surface area contributed by atoms with Gasteiger partial charge in [0, 0.05) is 25.7 Å². The van der Waals surface area contributed by atoms with Crippen LogP contribution in [0.2, 0.25) is 0 Å². The Hall–Kier alpha value is -1.32. The minimum absolute atomic E-state index is 0.0587. The summed E-state index contributed by atoms with van der Waals surface area (Å²) in [5, 5.41) is 16.6. The number of allylic oxidation sites excluding steroid dienone is 1. The van der Waals surface area contributed by atoms with Crippen LogP contribution in [0.5, 0.6) is 0 Å². The van der Waals surface area contributed by atoms with Crippen molar-refractivity contribution in [3.05, 3.63) is 11.3 Å². The van der Waals surface area contributed by atoms with E-state index in [4.69, 9.17) is 10.5 Å². The second-order valence-electron chi connectivity index (χ2n) is 2.92. The number of likely N-dealkylation sites (N-methyl/N-ethyl adjacent to an activating group) is 1. The Bertz CT molecular complexity index is 264. The summed E-state index contributed by atoms with van der Waals surface area (Å²) in [6.07, 6.45) is 0.523. The van der Waals surface area contributed by atoms with E-state index in [1.54, 1.807) is 7.05 Å². The van der Waals surface area contributed by atoms with Crippen molar-refractivity contribution in [2.24, 2.45) is 0 Å². The SMILES string of the molecule is CC(O)=C1C(=N)CCN(C)C1=O. The molecule has 0 unspecified atom stereocenters. The maximum atomic E-state index is 11.3. The van der Waals surface area contributed by atoms with Crippen molar-refractivity contribution in [3.8, 4) is 0 Å². The summed E-state index contributed by atoms with van der Waals surface area (Å²) in [4.78, 5) is 12.9. The lowest BCUT2D eigenvalue weighted by atomic mass is 10.0. The smallest absolute Gasteiger partial charge is 0.258 e. The van der Waals surface area contributed by atoms with E-state index >= 15 is 0 Å². The highest BCUT2D eigenvalue weighted by atomic mass is 16.3. The molecule has 0 aromatic carbocycles. The molecule has 1 heterocycles. The van der Waals surface area contributed by atoms with Gasteiger partial charge in [-0.15, -0.1) is 0 Å². The van der Waals surface area contributed by atoms with Gasteiger partial charge in [0.1, 0.15) is 5.76 Å². The van der Waals surface area contributed by atoms with Gasteiger partial charge in [-0.25, -0.2) is 0 Å². The van der Waals surface area contributed by atoms with Crippen molar-refractivity contribution in [3.63, 3.8) is 0 Å². The predicted molar refractivity (Wildman–Crippen MR) is 45.3 cm³/mol. The van der Waals surface area contributed by atoms with Crippen LogP contribution in [-0.4, -0.2) is 35.2 Å². The average molecular weight is 168 g/mol. The van der Waals surface area contributed by atoms with Crippen LogP contribution in [0.4, 0.5) is 0 Å². The van der Waals surface area contributed by atoms with E-state index in [1.807, 2.05) is 0 Å². The monoisotopic (exact) mass is 168 g/mol. The summed E-state index contributed by atoms with van der Waals surface area (Å²) in [6, 6.07) is 0. The summed E-state index contributed by atoms with van der Waals surface area (Å²) in [5.41, 5.74) is 0.391. The van der Waals surface area contributed by atoms with Gasteiger partial charge >= 0.3 is 0 Å². The van der Waals surface area contributed by atoms with Crippen molar-refractivity contribution in [2.45, 2.75) is 13.3 Å². The first-order chi connectivity index (χ1) is 5.54. The number of hydrogen-bond donors (Lipinski definition) is 2. The fourth-order valence-electron chi connectivity index (χ4n) is 1.20. The molecule has 4 heteroatoms. The highest BCUT2D eigenvalue weighted by molar-refractivity contribution is 6.22. The van der Waals surface area contributed by atoms with Gasteiger partial charge in [-0.3, -0.25) is 4.79 Å². The topological polar surface area (TPSA) is 64.4 Å². The molecule has 1 aliphatic rings. The predicted octanol–water partition coefficient (Wildman–Crippen LogP) is 0.700. The number of likely N-dealkylation sites (tertiary alicyclic amines) is 1. The molecule has 1 saturated heterocycles. The zero-order valence-electron chi connectivity index (χ0n) is 7.22. The summed E-state index contributed by atoms with van der Waals surface area (Å²) in [7, 11) is 1.66. The summed E-state index contributed by atoms with van der Waals surface area (Å²) < 4.78 is 0. The van der Waals surface area contributed by atoms with Crippen LogP contribution < -0.4 is 0 Å². The molecule has 0 atom stereocenters. The minimum Gasteiger partial charge on any atom is -0.512 e. The molecular weight excluding hydrogens is 156 g/mol. The number of rotatable bonds is 0. The van der Waals surface area contributed by atoms with E-state index in [1.165, 1.54) is 11.8 Å². The molecule has 1 fully saturated rings. The molecule has 1 rings (SSSR count). The first kappa shape index (κ1) is 8.77. The number of carbonyl (C=O) groups is 1. The van der Waals surface area contributed by atoms with Gasteiger partial charge in [0.2, 0.25) is 0 Å². The van der Waals surface area contributed by atoms with Crippen molar-refractivity contribution in [1.82, 2.24) is 4.90 Å². The Labute approximate surface area is 71.0 Å². The lowest BCUT2D eigenvalue weighted by Crippen LogP contribution is -2.38. The zero-order valence-corrected chi connectivity index (χ0v) is 7.22. The number of aliphatic hydroxyl groups is 1. The molecule has 0 saturated carbocycles. The quantitative estimate of drug-likeness (QED) is 0.413. The van der Waals surface area contributed by atoms with E-state index in [0.29, 0.717) is 13.0 Å². The molecule has 0 radical (unpaired) electrons. The molecular formula is C8H12N2O2. The second kappa shape index (κ2) is 2.97. The van der Waals surface area contributed by atoms with Crippen LogP contribution in [-0.2, 0) is 4.79 Å². The molecule has 0 aromatic rings. The molecule has 0 aromatic heterocycles. The first-order valence-electron chi connectivity index (χ1n) is 3.77. The van der Waals surface area contributed by atoms with Crippen LogP contribution in [0.15, 0.2) is 11.3 Å². The summed E-state index contributed by atoms with van der Waals surface area (Å²) >= 11 is 0. The van der Waals surface area contributed by atoms with E-state index < -0.39 is 0 Å². The third-order valence-electron chi connectivity index (χ3n) is 1.92. The molecule has 1 aliphatic heterocycles. The Morgan fingerprint density at radius 2 is 2.25 bits per heavy atom. The summed E-state index contributed by atoms with van der Waals surface area (Å²) in [6.45, 7) is 2.00. The van der Waals surface area contributed by atoms with Gasteiger partial charge in [-0.1, -0.05) is 0 Å². The van der Waals surface area contributed by atoms with Crippen molar-refractivity contribution >= 4 is 11.6 Å². The maximum Gasteiger partial charge on any atom is 0.258 e.